The summed E-state index contributed by atoms with van der Waals surface area (Å²) in [6.07, 6.45) is 1.71. The zero-order valence-corrected chi connectivity index (χ0v) is 19.7. The van der Waals surface area contributed by atoms with E-state index >= 15 is 0 Å². The summed E-state index contributed by atoms with van der Waals surface area (Å²) in [6, 6.07) is 9.03. The molecule has 0 unspecified atom stereocenters. The molecule has 1 aromatic carbocycles. The predicted molar refractivity (Wildman–Crippen MR) is 121 cm³/mol. The highest BCUT2D eigenvalue weighted by molar-refractivity contribution is 5.89. The first-order chi connectivity index (χ1) is 15.1. The minimum atomic E-state index is -0.799. The van der Waals surface area contributed by atoms with Crippen molar-refractivity contribution in [3.63, 3.8) is 0 Å². The number of rotatable bonds is 2. The van der Waals surface area contributed by atoms with Gasteiger partial charge in [-0.05, 0) is 60.6 Å². The maximum atomic E-state index is 12.9. The molecular weight excluding hydrogens is 404 g/mol. The molecule has 32 heavy (non-hydrogen) atoms. The highest BCUT2D eigenvalue weighted by Crippen LogP contribution is 2.67. The van der Waals surface area contributed by atoms with E-state index in [-0.39, 0.29) is 35.2 Å². The van der Waals surface area contributed by atoms with E-state index in [2.05, 4.69) is 27.7 Å². The fourth-order valence-electron chi connectivity index (χ4n) is 7.19. The summed E-state index contributed by atoms with van der Waals surface area (Å²) in [6.45, 7) is 10.6. The second-order valence-electron chi connectivity index (χ2n) is 11.4. The zero-order chi connectivity index (χ0) is 23.0. The quantitative estimate of drug-likeness (QED) is 0.537. The monoisotopic (exact) mass is 440 g/mol. The van der Waals surface area contributed by atoms with E-state index in [4.69, 9.17) is 9.47 Å². The summed E-state index contributed by atoms with van der Waals surface area (Å²) in [5, 5.41) is 22.6. The summed E-state index contributed by atoms with van der Waals surface area (Å²) in [5.41, 5.74) is 0.670. The van der Waals surface area contributed by atoms with Gasteiger partial charge in [0.15, 0.2) is 0 Å². The molecule has 4 aliphatic rings. The molecule has 2 bridgehead atoms. The Morgan fingerprint density at radius 2 is 1.84 bits per heavy atom. The van der Waals surface area contributed by atoms with Crippen LogP contribution in [0.4, 0.5) is 0 Å². The number of esters is 1. The Morgan fingerprint density at radius 3 is 2.53 bits per heavy atom. The molecule has 5 nitrogen and oxygen atoms in total. The van der Waals surface area contributed by atoms with Gasteiger partial charge >= 0.3 is 5.97 Å². The van der Waals surface area contributed by atoms with Gasteiger partial charge in [0.05, 0.1) is 23.9 Å². The molecule has 1 spiro atoms. The lowest BCUT2D eigenvalue weighted by Crippen LogP contribution is -2.46. The highest BCUT2D eigenvalue weighted by atomic mass is 16.6. The Bertz CT molecular complexity index is 923. The first-order valence-corrected chi connectivity index (χ1v) is 12.1. The van der Waals surface area contributed by atoms with E-state index in [0.29, 0.717) is 30.2 Å². The van der Waals surface area contributed by atoms with Crippen LogP contribution in [0.1, 0.15) is 57.8 Å². The van der Waals surface area contributed by atoms with Crippen molar-refractivity contribution in [3.05, 3.63) is 47.5 Å². The van der Waals surface area contributed by atoms with Gasteiger partial charge in [-0.2, -0.15) is 0 Å². The first kappa shape index (κ1) is 22.1. The molecule has 0 amide bonds. The number of hydrogen-bond acceptors (Lipinski definition) is 5. The van der Waals surface area contributed by atoms with Gasteiger partial charge in [0.2, 0.25) is 0 Å². The van der Waals surface area contributed by atoms with Gasteiger partial charge in [-0.15, -0.1) is 0 Å². The second-order valence-corrected chi connectivity index (χ2v) is 11.4. The van der Waals surface area contributed by atoms with Crippen LogP contribution in [0.25, 0.3) is 0 Å². The number of hydrogen-bond donors (Lipinski definition) is 2. The van der Waals surface area contributed by atoms with Gasteiger partial charge in [-0.1, -0.05) is 52.0 Å². The second kappa shape index (κ2) is 7.41. The van der Waals surface area contributed by atoms with Crippen molar-refractivity contribution >= 4 is 5.97 Å². The number of carbonyl (C=O) groups excluding carboxylic acids is 1. The normalized spacial score (nSPS) is 48.2. The average Bonchev–Trinajstić information content (AvgIpc) is 3.06. The number of carbonyl (C=O) groups is 1. The van der Waals surface area contributed by atoms with Crippen molar-refractivity contribution in [1.29, 1.82) is 0 Å². The summed E-state index contributed by atoms with van der Waals surface area (Å²) in [4.78, 5) is 12.9. The maximum absolute atomic E-state index is 12.9. The van der Waals surface area contributed by atoms with Crippen LogP contribution in [0.3, 0.4) is 0 Å². The van der Waals surface area contributed by atoms with Gasteiger partial charge < -0.3 is 19.7 Å². The Hall–Kier alpha value is -1.69. The largest absolute Gasteiger partial charge is 0.458 e. The molecule has 10 atom stereocenters. The van der Waals surface area contributed by atoms with E-state index in [1.54, 1.807) is 12.1 Å². The molecule has 0 aromatic heterocycles. The molecule has 2 heterocycles. The van der Waals surface area contributed by atoms with Crippen molar-refractivity contribution in [2.24, 2.45) is 35.0 Å². The highest BCUT2D eigenvalue weighted by Gasteiger charge is 2.71. The standard InChI is InChI=1S/C27H36O5/c1-14-11-19-22(31-25(30)17-9-7-6-8-10-17)15(2)13-27(19)24(29)16(3)23(32-27)21-18(12-20(14)28)26(21,4)5/h6-11,15-16,18-24,28-29H,12-13H2,1-5H3/b14-11+/t15-,16-,18+,19-,20+,21-,22-,23-,24-,27+/m0/s1. The molecule has 3 fully saturated rings. The number of aliphatic hydroxyl groups excluding tert-OH is 2. The van der Waals surface area contributed by atoms with Gasteiger partial charge in [-0.25, -0.2) is 4.79 Å². The van der Waals surface area contributed by atoms with Gasteiger partial charge in [0.25, 0.3) is 0 Å². The van der Waals surface area contributed by atoms with Crippen LogP contribution >= 0.6 is 0 Å². The molecule has 0 radical (unpaired) electrons. The first-order valence-electron chi connectivity index (χ1n) is 12.1. The Morgan fingerprint density at radius 1 is 1.16 bits per heavy atom. The minimum Gasteiger partial charge on any atom is -0.458 e. The molecule has 2 saturated carbocycles. The van der Waals surface area contributed by atoms with Crippen molar-refractivity contribution < 1.29 is 24.5 Å². The summed E-state index contributed by atoms with van der Waals surface area (Å²) >= 11 is 0. The topological polar surface area (TPSA) is 76.0 Å². The number of benzene rings is 1. The third-order valence-electron chi connectivity index (χ3n) is 9.18. The van der Waals surface area contributed by atoms with Gasteiger partial charge in [0.1, 0.15) is 11.7 Å². The molecule has 2 aliphatic heterocycles. The lowest BCUT2D eigenvalue weighted by Gasteiger charge is -2.35. The van der Waals surface area contributed by atoms with Crippen molar-refractivity contribution in [2.45, 2.75) is 77.5 Å². The number of fused-ring (bicyclic) bond motifs is 3. The Labute approximate surface area is 190 Å². The van der Waals surface area contributed by atoms with Crippen LogP contribution in [0.15, 0.2) is 42.0 Å². The molecule has 5 rings (SSSR count). The molecule has 2 aliphatic carbocycles. The van der Waals surface area contributed by atoms with E-state index in [1.165, 1.54) is 0 Å². The van der Waals surface area contributed by atoms with Crippen molar-refractivity contribution in [1.82, 2.24) is 0 Å². The maximum Gasteiger partial charge on any atom is 0.338 e. The third kappa shape index (κ3) is 3.12. The lowest BCUT2D eigenvalue weighted by atomic mass is 9.79. The van der Waals surface area contributed by atoms with E-state index in [0.717, 1.165) is 5.57 Å². The molecular formula is C27H36O5. The molecule has 2 N–H and O–H groups in total. The van der Waals surface area contributed by atoms with Crippen LogP contribution in [-0.2, 0) is 9.47 Å². The number of ether oxygens (including phenoxy) is 2. The SMILES string of the molecule is C/C1=C\[C@H]2[C@@H](OC(=O)c3ccccc3)[C@@H](C)C[C@@]23O[C@@H]([C@H](C)[C@@H]3O)[C@@H]2[C@@H](C[C@H]1O)C2(C)C. The summed E-state index contributed by atoms with van der Waals surface area (Å²) in [7, 11) is 0. The Kier molecular flexibility index (Phi) is 5.12. The fourth-order valence-corrected chi connectivity index (χ4v) is 7.19. The molecule has 1 aromatic rings. The van der Waals surface area contributed by atoms with Crippen molar-refractivity contribution in [2.75, 3.05) is 0 Å². The van der Waals surface area contributed by atoms with Crippen molar-refractivity contribution in [3.8, 4) is 0 Å². The van der Waals surface area contributed by atoms with Crippen LogP contribution in [-0.4, -0.2) is 46.2 Å². The minimum absolute atomic E-state index is 0.00787. The molecule has 174 valence electrons. The smallest absolute Gasteiger partial charge is 0.338 e. The van der Waals surface area contributed by atoms with Crippen LogP contribution in [0.2, 0.25) is 0 Å². The van der Waals surface area contributed by atoms with E-state index < -0.39 is 23.9 Å². The molecule has 5 heteroatoms. The van der Waals surface area contributed by atoms with Gasteiger partial charge in [-0.3, -0.25) is 0 Å². The van der Waals surface area contributed by atoms with Crippen LogP contribution < -0.4 is 0 Å². The predicted octanol–water partition coefficient (Wildman–Crippen LogP) is 3.99. The van der Waals surface area contributed by atoms with Gasteiger partial charge in [0, 0.05) is 11.8 Å². The van der Waals surface area contributed by atoms with E-state index in [1.807, 2.05) is 31.2 Å². The lowest BCUT2D eigenvalue weighted by molar-refractivity contribution is -0.114. The fraction of sp³-hybridized carbons (Fsp3) is 0.667. The summed E-state index contributed by atoms with van der Waals surface area (Å²) in [5.74, 6) is 0.0424. The Balaban J connectivity index is 1.54. The van der Waals surface area contributed by atoms with E-state index in [9.17, 15) is 15.0 Å². The average molecular weight is 441 g/mol. The van der Waals surface area contributed by atoms with Crippen LogP contribution in [0.5, 0.6) is 0 Å². The van der Waals surface area contributed by atoms with Crippen LogP contribution in [0, 0.1) is 35.0 Å². The third-order valence-corrected chi connectivity index (χ3v) is 9.18. The number of aliphatic hydroxyl groups is 2. The zero-order valence-electron chi connectivity index (χ0n) is 19.7. The summed E-state index contributed by atoms with van der Waals surface area (Å²) < 4.78 is 12.9. The molecule has 1 saturated heterocycles.